The molecule has 2 aromatic carbocycles. The van der Waals surface area contributed by atoms with E-state index in [1.807, 2.05) is 36.7 Å². The maximum Gasteiger partial charge on any atom is 0.234 e. The molecule has 0 radical (unpaired) electrons. The maximum atomic E-state index is 12.5. The molecule has 0 saturated heterocycles. The van der Waals surface area contributed by atoms with Crippen molar-refractivity contribution in [3.8, 4) is 0 Å². The summed E-state index contributed by atoms with van der Waals surface area (Å²) >= 11 is 3.22. The van der Waals surface area contributed by atoms with Crippen molar-refractivity contribution in [1.29, 1.82) is 0 Å². The average molecular weight is 427 g/mol. The van der Waals surface area contributed by atoms with Gasteiger partial charge in [-0.2, -0.15) is 0 Å². The Balaban J connectivity index is 1.52. The van der Waals surface area contributed by atoms with Crippen LogP contribution in [-0.2, 0) is 29.8 Å². The molecule has 7 heteroatoms. The first-order valence-corrected chi connectivity index (χ1v) is 11.7. The standard InChI is InChI=1S/C22H26N4OS2/c1-4-18-12-8-9-16(2)21(18)23-20(27)15-29-22-25-24-19(26(22)3)14-28-13-17-10-6-5-7-11-17/h5-12H,4,13-15H2,1-3H3,(H,23,27). The first-order chi connectivity index (χ1) is 14.1. The lowest BCUT2D eigenvalue weighted by Crippen LogP contribution is -2.16. The van der Waals surface area contributed by atoms with E-state index in [1.165, 1.54) is 17.3 Å². The Labute approximate surface area is 180 Å². The highest BCUT2D eigenvalue weighted by atomic mass is 32.2. The van der Waals surface area contributed by atoms with Gasteiger partial charge >= 0.3 is 0 Å². The summed E-state index contributed by atoms with van der Waals surface area (Å²) in [4.78, 5) is 12.5. The van der Waals surface area contributed by atoms with Crippen molar-refractivity contribution in [1.82, 2.24) is 14.8 Å². The lowest BCUT2D eigenvalue weighted by Gasteiger charge is -2.12. The second-order valence-electron chi connectivity index (χ2n) is 6.74. The van der Waals surface area contributed by atoms with Crippen LogP contribution in [0.15, 0.2) is 53.7 Å². The van der Waals surface area contributed by atoms with Gasteiger partial charge in [-0.25, -0.2) is 0 Å². The van der Waals surface area contributed by atoms with Gasteiger partial charge in [-0.3, -0.25) is 4.79 Å². The monoisotopic (exact) mass is 426 g/mol. The van der Waals surface area contributed by atoms with Crippen molar-refractivity contribution in [3.05, 3.63) is 71.0 Å². The molecule has 1 N–H and O–H groups in total. The highest BCUT2D eigenvalue weighted by Crippen LogP contribution is 2.23. The fraction of sp³-hybridized carbons (Fsp3) is 0.318. The van der Waals surface area contributed by atoms with Crippen LogP contribution in [0.5, 0.6) is 0 Å². The summed E-state index contributed by atoms with van der Waals surface area (Å²) < 4.78 is 1.97. The van der Waals surface area contributed by atoms with Crippen molar-refractivity contribution in [2.24, 2.45) is 7.05 Å². The van der Waals surface area contributed by atoms with Crippen LogP contribution >= 0.6 is 23.5 Å². The van der Waals surface area contributed by atoms with E-state index in [4.69, 9.17) is 0 Å². The first-order valence-electron chi connectivity index (χ1n) is 9.59. The van der Waals surface area contributed by atoms with E-state index in [1.54, 1.807) is 11.8 Å². The van der Waals surface area contributed by atoms with Crippen molar-refractivity contribution in [2.75, 3.05) is 11.1 Å². The molecule has 0 bridgehead atoms. The number of carbonyl (C=O) groups excluding carboxylic acids is 1. The Hall–Kier alpha value is -2.25. The molecule has 0 aliphatic rings. The number of thioether (sulfide) groups is 2. The molecule has 1 heterocycles. The topological polar surface area (TPSA) is 59.8 Å². The van der Waals surface area contributed by atoms with E-state index in [9.17, 15) is 4.79 Å². The highest BCUT2D eigenvalue weighted by Gasteiger charge is 2.13. The molecule has 0 fully saturated rings. The highest BCUT2D eigenvalue weighted by molar-refractivity contribution is 7.99. The molecule has 0 atom stereocenters. The second kappa shape index (κ2) is 10.5. The third-order valence-electron chi connectivity index (χ3n) is 4.60. The molecule has 0 aliphatic heterocycles. The van der Waals surface area contributed by atoms with Gasteiger partial charge in [-0.15, -0.1) is 22.0 Å². The molecule has 0 saturated carbocycles. The Morgan fingerprint density at radius 2 is 1.86 bits per heavy atom. The third-order valence-corrected chi connectivity index (χ3v) is 6.62. The number of para-hydroxylation sites is 1. The minimum absolute atomic E-state index is 0.0259. The molecular weight excluding hydrogens is 400 g/mol. The quantitative estimate of drug-likeness (QED) is 0.496. The number of nitrogens with zero attached hydrogens (tertiary/aromatic N) is 3. The van der Waals surface area contributed by atoms with Crippen molar-refractivity contribution >= 4 is 35.1 Å². The fourth-order valence-electron chi connectivity index (χ4n) is 2.94. The molecule has 3 aromatic rings. The number of aromatic nitrogens is 3. The van der Waals surface area contributed by atoms with E-state index in [0.717, 1.165) is 45.7 Å². The molecule has 0 unspecified atom stereocenters. The number of benzene rings is 2. The molecule has 152 valence electrons. The fourth-order valence-corrected chi connectivity index (χ4v) is 4.63. The van der Waals surface area contributed by atoms with Crippen LogP contribution in [0, 0.1) is 6.92 Å². The number of hydrogen-bond acceptors (Lipinski definition) is 5. The normalized spacial score (nSPS) is 10.9. The molecule has 1 aromatic heterocycles. The maximum absolute atomic E-state index is 12.5. The van der Waals surface area contributed by atoms with E-state index < -0.39 is 0 Å². The smallest absolute Gasteiger partial charge is 0.234 e. The summed E-state index contributed by atoms with van der Waals surface area (Å²) in [6.07, 6.45) is 0.887. The lowest BCUT2D eigenvalue weighted by molar-refractivity contribution is -0.113. The average Bonchev–Trinajstić information content (AvgIpc) is 3.08. The summed E-state index contributed by atoms with van der Waals surface area (Å²) in [5.74, 6) is 2.92. The van der Waals surface area contributed by atoms with Crippen LogP contribution in [0.2, 0.25) is 0 Å². The van der Waals surface area contributed by atoms with E-state index in [-0.39, 0.29) is 5.91 Å². The molecule has 0 aliphatic carbocycles. The van der Waals surface area contributed by atoms with Gasteiger partial charge < -0.3 is 9.88 Å². The van der Waals surface area contributed by atoms with Gasteiger partial charge in [0.2, 0.25) is 5.91 Å². The third kappa shape index (κ3) is 5.87. The van der Waals surface area contributed by atoms with E-state index >= 15 is 0 Å². The lowest BCUT2D eigenvalue weighted by atomic mass is 10.1. The van der Waals surface area contributed by atoms with Crippen LogP contribution in [0.4, 0.5) is 5.69 Å². The summed E-state index contributed by atoms with van der Waals surface area (Å²) in [6.45, 7) is 4.11. The van der Waals surface area contributed by atoms with Gasteiger partial charge in [0.1, 0.15) is 5.82 Å². The molecule has 5 nitrogen and oxygen atoms in total. The van der Waals surface area contributed by atoms with Crippen LogP contribution in [0.25, 0.3) is 0 Å². The van der Waals surface area contributed by atoms with Gasteiger partial charge in [0.15, 0.2) is 5.16 Å². The molecule has 3 rings (SSSR count). The van der Waals surface area contributed by atoms with Gasteiger partial charge in [0.05, 0.1) is 11.5 Å². The van der Waals surface area contributed by atoms with E-state index in [0.29, 0.717) is 5.75 Å². The number of rotatable bonds is 9. The summed E-state index contributed by atoms with van der Waals surface area (Å²) in [5, 5.41) is 12.4. The van der Waals surface area contributed by atoms with Crippen molar-refractivity contribution in [3.63, 3.8) is 0 Å². The Bertz CT molecular complexity index is 957. The molecule has 29 heavy (non-hydrogen) atoms. The zero-order chi connectivity index (χ0) is 20.6. The molecule has 1 amide bonds. The number of carbonyl (C=O) groups is 1. The van der Waals surface area contributed by atoms with Gasteiger partial charge in [0.25, 0.3) is 0 Å². The number of hydrogen-bond donors (Lipinski definition) is 1. The predicted octanol–water partition coefficient (Wildman–Crippen LogP) is 4.85. The van der Waals surface area contributed by atoms with Crippen molar-refractivity contribution < 1.29 is 4.79 Å². The number of aryl methyl sites for hydroxylation is 2. The van der Waals surface area contributed by atoms with Crippen molar-refractivity contribution in [2.45, 2.75) is 36.9 Å². The van der Waals surface area contributed by atoms with E-state index in [2.05, 4.69) is 52.8 Å². The van der Waals surface area contributed by atoms with Gasteiger partial charge in [-0.05, 0) is 30.0 Å². The zero-order valence-corrected chi connectivity index (χ0v) is 18.6. The SMILES string of the molecule is CCc1cccc(C)c1NC(=O)CSc1nnc(CSCc2ccccc2)n1C. The summed E-state index contributed by atoms with van der Waals surface area (Å²) in [7, 11) is 1.95. The number of nitrogens with one attached hydrogen (secondary N) is 1. The Morgan fingerprint density at radius 3 is 2.62 bits per heavy atom. The van der Waals surface area contributed by atoms with Crippen LogP contribution in [0.1, 0.15) is 29.4 Å². The summed E-state index contributed by atoms with van der Waals surface area (Å²) in [5.41, 5.74) is 4.46. The summed E-state index contributed by atoms with van der Waals surface area (Å²) in [6, 6.07) is 16.5. The van der Waals surface area contributed by atoms with Gasteiger partial charge in [-0.1, -0.05) is 67.2 Å². The largest absolute Gasteiger partial charge is 0.325 e. The zero-order valence-electron chi connectivity index (χ0n) is 17.0. The van der Waals surface area contributed by atoms with Crippen LogP contribution in [-0.4, -0.2) is 26.4 Å². The van der Waals surface area contributed by atoms with Gasteiger partial charge in [0, 0.05) is 18.5 Å². The Morgan fingerprint density at radius 1 is 1.07 bits per heavy atom. The second-order valence-corrected chi connectivity index (χ2v) is 8.66. The predicted molar refractivity (Wildman–Crippen MR) is 122 cm³/mol. The molecular formula is C22H26N4OS2. The van der Waals surface area contributed by atoms with Crippen LogP contribution in [0.3, 0.4) is 0 Å². The number of anilines is 1. The minimum atomic E-state index is -0.0259. The molecule has 0 spiro atoms. The minimum Gasteiger partial charge on any atom is -0.325 e. The Kier molecular flexibility index (Phi) is 7.77. The number of amides is 1. The van der Waals surface area contributed by atoms with Crippen LogP contribution < -0.4 is 5.32 Å². The first kappa shape index (κ1) is 21.5.